The van der Waals surface area contributed by atoms with Gasteiger partial charge in [-0.3, -0.25) is 9.59 Å². The third-order valence-corrected chi connectivity index (χ3v) is 5.85. The van der Waals surface area contributed by atoms with Gasteiger partial charge in [0.25, 0.3) is 5.91 Å². The van der Waals surface area contributed by atoms with E-state index >= 15 is 0 Å². The average Bonchev–Trinajstić information content (AvgIpc) is 3.53. The van der Waals surface area contributed by atoms with Gasteiger partial charge in [-0.1, -0.05) is 6.92 Å². The van der Waals surface area contributed by atoms with Crippen molar-refractivity contribution >= 4 is 35.3 Å². The summed E-state index contributed by atoms with van der Waals surface area (Å²) in [5, 5.41) is 11.8. The monoisotopic (exact) mass is 443 g/mol. The Hall–Kier alpha value is -2.65. The Balaban J connectivity index is 1.67. The molecule has 9 heteroatoms. The minimum Gasteiger partial charge on any atom is -0.480 e. The van der Waals surface area contributed by atoms with E-state index < -0.39 is 5.97 Å². The van der Waals surface area contributed by atoms with Crippen LogP contribution in [-0.2, 0) is 4.79 Å². The first-order valence-electron chi connectivity index (χ1n) is 10.5. The van der Waals surface area contributed by atoms with Crippen LogP contribution in [0.3, 0.4) is 0 Å². The fraction of sp³-hybridized carbons (Fsp3) is 0.455. The Morgan fingerprint density at radius 3 is 2.68 bits per heavy atom. The van der Waals surface area contributed by atoms with E-state index in [4.69, 9.17) is 5.11 Å². The zero-order chi connectivity index (χ0) is 22.4. The van der Waals surface area contributed by atoms with Crippen LogP contribution in [0, 0.1) is 12.8 Å². The molecule has 1 aromatic heterocycles. The lowest BCUT2D eigenvalue weighted by molar-refractivity contribution is -0.136. The van der Waals surface area contributed by atoms with Crippen LogP contribution in [0.25, 0.3) is 0 Å². The molecule has 1 aromatic carbocycles. The van der Waals surface area contributed by atoms with Crippen LogP contribution in [0.5, 0.6) is 0 Å². The topological polar surface area (TPSA) is 98.7 Å². The van der Waals surface area contributed by atoms with Crippen LogP contribution in [0.4, 0.5) is 11.5 Å². The van der Waals surface area contributed by atoms with E-state index in [9.17, 15) is 9.59 Å². The zero-order valence-corrected chi connectivity index (χ0v) is 19.0. The number of aliphatic carboxylic acids is 1. The number of likely N-dealkylation sites (N-methyl/N-ethyl adjacent to an activating group) is 1. The van der Waals surface area contributed by atoms with Gasteiger partial charge in [-0.25, -0.2) is 14.3 Å². The normalized spacial score (nSPS) is 13.3. The first-order valence-corrected chi connectivity index (χ1v) is 11.2. The number of carboxylic acids is 1. The molecule has 166 valence electrons. The Labute approximate surface area is 187 Å². The second-order valence-corrected chi connectivity index (χ2v) is 9.13. The molecule has 0 unspecified atom stereocenters. The molecule has 31 heavy (non-hydrogen) atoms. The third-order valence-electron chi connectivity index (χ3n) is 4.94. The summed E-state index contributed by atoms with van der Waals surface area (Å²) in [7, 11) is 1.72. The summed E-state index contributed by atoms with van der Waals surface area (Å²) in [4.78, 5) is 35.3. The summed E-state index contributed by atoms with van der Waals surface area (Å²) in [6.45, 7) is 5.86. The summed E-state index contributed by atoms with van der Waals surface area (Å²) >= 11 is 1.34. The molecule has 1 aliphatic carbocycles. The van der Waals surface area contributed by atoms with E-state index in [1.807, 2.05) is 25.1 Å². The SMILES string of the molecule is CCCN(CC1CC1)c1cc(C(=O)Nc2ccc(SN(C)CC(=O)O)cc2C)ncn1. The predicted molar refractivity (Wildman–Crippen MR) is 123 cm³/mol. The number of nitrogens with zero attached hydrogens (tertiary/aromatic N) is 4. The maximum absolute atomic E-state index is 12.8. The number of hydrogen-bond acceptors (Lipinski definition) is 7. The number of anilines is 2. The lowest BCUT2D eigenvalue weighted by Gasteiger charge is -2.23. The maximum atomic E-state index is 12.8. The molecule has 2 N–H and O–H groups in total. The smallest absolute Gasteiger partial charge is 0.318 e. The molecule has 0 spiro atoms. The van der Waals surface area contributed by atoms with Gasteiger partial charge in [0, 0.05) is 29.7 Å². The van der Waals surface area contributed by atoms with E-state index in [0.717, 1.165) is 41.7 Å². The number of aromatic nitrogens is 2. The van der Waals surface area contributed by atoms with Crippen molar-refractivity contribution in [3.63, 3.8) is 0 Å². The lowest BCUT2D eigenvalue weighted by Crippen LogP contribution is -2.28. The summed E-state index contributed by atoms with van der Waals surface area (Å²) in [6.07, 6.45) is 4.99. The van der Waals surface area contributed by atoms with Crippen LogP contribution in [0.2, 0.25) is 0 Å². The van der Waals surface area contributed by atoms with Crippen LogP contribution in [0.1, 0.15) is 42.2 Å². The Morgan fingerprint density at radius 1 is 1.26 bits per heavy atom. The van der Waals surface area contributed by atoms with Crippen molar-refractivity contribution in [2.24, 2.45) is 5.92 Å². The zero-order valence-electron chi connectivity index (χ0n) is 18.2. The molecule has 2 aromatic rings. The van der Waals surface area contributed by atoms with Crippen molar-refractivity contribution in [1.82, 2.24) is 14.3 Å². The van der Waals surface area contributed by atoms with Gasteiger partial charge < -0.3 is 15.3 Å². The van der Waals surface area contributed by atoms with Crippen LogP contribution < -0.4 is 10.2 Å². The van der Waals surface area contributed by atoms with Gasteiger partial charge in [0.15, 0.2) is 0 Å². The Bertz CT molecular complexity index is 935. The van der Waals surface area contributed by atoms with E-state index in [1.54, 1.807) is 17.4 Å². The highest BCUT2D eigenvalue weighted by atomic mass is 32.2. The predicted octanol–water partition coefficient (Wildman–Crippen LogP) is 3.69. The van der Waals surface area contributed by atoms with Gasteiger partial charge >= 0.3 is 5.97 Å². The first-order chi connectivity index (χ1) is 14.9. The molecule has 0 saturated heterocycles. The molecule has 1 amide bonds. The average molecular weight is 444 g/mol. The molecular formula is C22H29N5O3S. The second kappa shape index (κ2) is 10.6. The summed E-state index contributed by atoms with van der Waals surface area (Å²) < 4.78 is 1.64. The number of benzene rings is 1. The van der Waals surface area contributed by atoms with Gasteiger partial charge in [0.1, 0.15) is 24.4 Å². The van der Waals surface area contributed by atoms with E-state index in [-0.39, 0.29) is 12.5 Å². The molecule has 3 rings (SSSR count). The summed E-state index contributed by atoms with van der Waals surface area (Å²) in [6, 6.07) is 7.36. The fourth-order valence-electron chi connectivity index (χ4n) is 3.25. The van der Waals surface area contributed by atoms with Crippen LogP contribution in [0.15, 0.2) is 35.5 Å². The van der Waals surface area contributed by atoms with Crippen molar-refractivity contribution in [3.05, 3.63) is 41.9 Å². The molecule has 0 bridgehead atoms. The molecule has 8 nitrogen and oxygen atoms in total. The van der Waals surface area contributed by atoms with Crippen molar-refractivity contribution in [1.29, 1.82) is 0 Å². The number of nitrogens with one attached hydrogen (secondary N) is 1. The molecule has 1 saturated carbocycles. The van der Waals surface area contributed by atoms with Gasteiger partial charge in [0.2, 0.25) is 0 Å². The van der Waals surface area contributed by atoms with E-state index in [2.05, 4.69) is 27.1 Å². The standard InChI is InChI=1S/C22H29N5O3S/c1-4-9-27(12-16-5-6-16)20-11-19(23-14-24-20)22(30)25-18-8-7-17(10-15(18)2)31-26(3)13-21(28)29/h7-8,10-11,14,16H,4-6,9,12-13H2,1-3H3,(H,25,30)(H,28,29). The molecule has 0 aliphatic heterocycles. The third kappa shape index (κ3) is 6.93. The molecule has 1 fully saturated rings. The Morgan fingerprint density at radius 2 is 2.03 bits per heavy atom. The minimum absolute atomic E-state index is 0.0615. The quantitative estimate of drug-likeness (QED) is 0.508. The van der Waals surface area contributed by atoms with Gasteiger partial charge in [0.05, 0.1) is 0 Å². The number of carbonyl (C=O) groups excluding carboxylic acids is 1. The molecule has 0 radical (unpaired) electrons. The van der Waals surface area contributed by atoms with Gasteiger partial charge in [-0.05, 0) is 74.9 Å². The highest BCUT2D eigenvalue weighted by molar-refractivity contribution is 7.97. The number of carbonyl (C=O) groups is 2. The summed E-state index contributed by atoms with van der Waals surface area (Å²) in [5.41, 5.74) is 1.91. The van der Waals surface area contributed by atoms with Gasteiger partial charge in [-0.15, -0.1) is 0 Å². The first kappa shape index (κ1) is 23.0. The minimum atomic E-state index is -0.880. The van der Waals surface area contributed by atoms with Crippen LogP contribution in [-0.4, -0.2) is 57.9 Å². The molecule has 0 atom stereocenters. The maximum Gasteiger partial charge on any atom is 0.318 e. The van der Waals surface area contributed by atoms with Crippen molar-refractivity contribution in [2.45, 2.75) is 38.0 Å². The number of rotatable bonds is 11. The number of aryl methyl sites for hydroxylation is 1. The fourth-order valence-corrected chi connectivity index (χ4v) is 4.14. The van der Waals surface area contributed by atoms with Crippen LogP contribution >= 0.6 is 11.9 Å². The van der Waals surface area contributed by atoms with Crippen molar-refractivity contribution in [2.75, 3.05) is 36.9 Å². The largest absolute Gasteiger partial charge is 0.480 e. The summed E-state index contributed by atoms with van der Waals surface area (Å²) in [5.74, 6) is 0.360. The number of carboxylic acid groups (broad SMARTS) is 1. The van der Waals surface area contributed by atoms with Crippen molar-refractivity contribution in [3.8, 4) is 0 Å². The number of amides is 1. The molecule has 1 heterocycles. The Kier molecular flexibility index (Phi) is 7.86. The highest BCUT2D eigenvalue weighted by Crippen LogP contribution is 2.31. The lowest BCUT2D eigenvalue weighted by atomic mass is 10.2. The van der Waals surface area contributed by atoms with E-state index in [0.29, 0.717) is 11.4 Å². The second-order valence-electron chi connectivity index (χ2n) is 7.85. The number of hydrogen-bond donors (Lipinski definition) is 2. The van der Waals surface area contributed by atoms with Crippen molar-refractivity contribution < 1.29 is 14.7 Å². The molecule has 1 aliphatic rings. The molecular weight excluding hydrogens is 414 g/mol. The highest BCUT2D eigenvalue weighted by Gasteiger charge is 2.25. The van der Waals surface area contributed by atoms with E-state index in [1.165, 1.54) is 31.1 Å². The van der Waals surface area contributed by atoms with Gasteiger partial charge in [-0.2, -0.15) is 0 Å².